The van der Waals surface area contributed by atoms with Crippen LogP contribution in [0.5, 0.6) is 11.5 Å². The van der Waals surface area contributed by atoms with E-state index in [1.54, 1.807) is 35.2 Å². The zero-order chi connectivity index (χ0) is 20.4. The highest BCUT2D eigenvalue weighted by molar-refractivity contribution is 6.39. The second kappa shape index (κ2) is 7.83. The maximum Gasteiger partial charge on any atom is 0.313 e. The molecule has 150 valence electrons. The number of anilines is 2. The lowest BCUT2D eigenvalue weighted by atomic mass is 10.0. The minimum absolute atomic E-state index is 0.00868. The van der Waals surface area contributed by atoms with E-state index in [9.17, 15) is 14.4 Å². The number of fused-ring (bicyclic) bond motifs is 2. The summed E-state index contributed by atoms with van der Waals surface area (Å²) in [4.78, 5) is 37.9. The molecular formula is C21H21N3O5. The van der Waals surface area contributed by atoms with Crippen LogP contribution >= 0.6 is 0 Å². The van der Waals surface area contributed by atoms with Gasteiger partial charge in [0.25, 0.3) is 0 Å². The van der Waals surface area contributed by atoms with E-state index in [1.807, 2.05) is 6.07 Å². The second-order valence-electron chi connectivity index (χ2n) is 6.94. The molecule has 0 spiro atoms. The maximum atomic E-state index is 12.2. The number of hydrogen-bond acceptors (Lipinski definition) is 5. The minimum atomic E-state index is -0.745. The van der Waals surface area contributed by atoms with Crippen LogP contribution in [0.3, 0.4) is 0 Å². The van der Waals surface area contributed by atoms with Crippen LogP contribution in [0.1, 0.15) is 24.5 Å². The average Bonchev–Trinajstić information content (AvgIpc) is 3.19. The number of carbonyl (C=O) groups excluding carboxylic acids is 3. The molecule has 29 heavy (non-hydrogen) atoms. The predicted molar refractivity (Wildman–Crippen MR) is 106 cm³/mol. The first-order chi connectivity index (χ1) is 14.0. The van der Waals surface area contributed by atoms with Crippen molar-refractivity contribution in [3.05, 3.63) is 47.5 Å². The Kier molecular flexibility index (Phi) is 5.07. The van der Waals surface area contributed by atoms with E-state index in [0.29, 0.717) is 23.7 Å². The fourth-order valence-corrected chi connectivity index (χ4v) is 3.50. The molecule has 2 aromatic carbocycles. The molecule has 2 heterocycles. The van der Waals surface area contributed by atoms with E-state index < -0.39 is 11.8 Å². The van der Waals surface area contributed by atoms with E-state index in [1.165, 1.54) is 6.92 Å². The van der Waals surface area contributed by atoms with Crippen molar-refractivity contribution in [2.75, 3.05) is 23.6 Å². The van der Waals surface area contributed by atoms with E-state index in [2.05, 4.69) is 10.6 Å². The summed E-state index contributed by atoms with van der Waals surface area (Å²) in [6.07, 6.45) is 1.68. The number of carbonyl (C=O) groups is 3. The van der Waals surface area contributed by atoms with Crippen LogP contribution in [0, 0.1) is 0 Å². The summed E-state index contributed by atoms with van der Waals surface area (Å²) in [6, 6.07) is 10.6. The Balaban J connectivity index is 1.36. The molecule has 2 N–H and O–H groups in total. The Labute approximate surface area is 167 Å². The van der Waals surface area contributed by atoms with Crippen LogP contribution in [-0.2, 0) is 27.3 Å². The van der Waals surface area contributed by atoms with E-state index in [-0.39, 0.29) is 19.2 Å². The molecule has 8 nitrogen and oxygen atoms in total. The van der Waals surface area contributed by atoms with Gasteiger partial charge in [0.2, 0.25) is 12.7 Å². The number of nitrogens with zero attached hydrogens (tertiary/aromatic N) is 1. The fraction of sp³-hybridized carbons (Fsp3) is 0.286. The van der Waals surface area contributed by atoms with Gasteiger partial charge in [-0.15, -0.1) is 0 Å². The Hall–Kier alpha value is -3.55. The highest BCUT2D eigenvalue weighted by Gasteiger charge is 2.21. The Morgan fingerprint density at radius 2 is 1.86 bits per heavy atom. The molecule has 0 unspecified atom stereocenters. The molecule has 0 saturated carbocycles. The van der Waals surface area contributed by atoms with Crippen LogP contribution < -0.4 is 25.0 Å². The summed E-state index contributed by atoms with van der Waals surface area (Å²) in [6.45, 7) is 2.60. The van der Waals surface area contributed by atoms with Crippen LogP contribution in [-0.4, -0.2) is 31.1 Å². The van der Waals surface area contributed by atoms with Gasteiger partial charge in [0.05, 0.1) is 0 Å². The molecule has 0 atom stereocenters. The standard InChI is InChI=1S/C21H21N3O5/c1-13(25)24-8-2-3-15-10-16(5-6-17(15)24)23-21(27)20(26)22-11-14-4-7-18-19(9-14)29-12-28-18/h4-7,9-10H,2-3,8,11-12H2,1H3,(H,22,26)(H,23,27). The molecule has 0 fully saturated rings. The van der Waals surface area contributed by atoms with Gasteiger partial charge in [-0.3, -0.25) is 14.4 Å². The smallest absolute Gasteiger partial charge is 0.313 e. The monoisotopic (exact) mass is 395 g/mol. The Morgan fingerprint density at radius 3 is 2.69 bits per heavy atom. The summed E-state index contributed by atoms with van der Waals surface area (Å²) >= 11 is 0. The van der Waals surface area contributed by atoms with Crippen molar-refractivity contribution in [1.29, 1.82) is 0 Å². The Bertz CT molecular complexity index is 988. The third-order valence-electron chi connectivity index (χ3n) is 4.93. The first-order valence-electron chi connectivity index (χ1n) is 9.40. The molecule has 0 aliphatic carbocycles. The number of aryl methyl sites for hydroxylation is 1. The number of rotatable bonds is 3. The average molecular weight is 395 g/mol. The van der Waals surface area contributed by atoms with Gasteiger partial charge in [-0.05, 0) is 54.3 Å². The largest absolute Gasteiger partial charge is 0.454 e. The molecule has 0 bridgehead atoms. The summed E-state index contributed by atoms with van der Waals surface area (Å²) in [5.41, 5.74) is 3.16. The number of benzene rings is 2. The van der Waals surface area contributed by atoms with Gasteiger partial charge in [-0.2, -0.15) is 0 Å². The lowest BCUT2D eigenvalue weighted by Crippen LogP contribution is -2.35. The molecule has 0 aromatic heterocycles. The normalized spacial score (nSPS) is 14.2. The van der Waals surface area contributed by atoms with Gasteiger partial charge in [0.1, 0.15) is 0 Å². The third kappa shape index (κ3) is 4.01. The van der Waals surface area contributed by atoms with Crippen molar-refractivity contribution < 1.29 is 23.9 Å². The maximum absolute atomic E-state index is 12.2. The van der Waals surface area contributed by atoms with Gasteiger partial charge in [-0.1, -0.05) is 6.07 Å². The van der Waals surface area contributed by atoms with Crippen molar-refractivity contribution in [2.45, 2.75) is 26.3 Å². The van der Waals surface area contributed by atoms with E-state index in [4.69, 9.17) is 9.47 Å². The fourth-order valence-electron chi connectivity index (χ4n) is 3.50. The lowest BCUT2D eigenvalue weighted by Gasteiger charge is -2.28. The number of ether oxygens (including phenoxy) is 2. The molecule has 0 saturated heterocycles. The molecule has 8 heteroatoms. The molecule has 4 rings (SSSR count). The highest BCUT2D eigenvalue weighted by atomic mass is 16.7. The summed E-state index contributed by atoms with van der Waals surface area (Å²) in [5, 5.41) is 5.21. The molecule has 2 aliphatic heterocycles. The van der Waals surface area contributed by atoms with Gasteiger partial charge in [0.15, 0.2) is 11.5 Å². The number of amides is 3. The van der Waals surface area contributed by atoms with Gasteiger partial charge >= 0.3 is 11.8 Å². The van der Waals surface area contributed by atoms with Crippen LogP contribution in [0.15, 0.2) is 36.4 Å². The van der Waals surface area contributed by atoms with Crippen molar-refractivity contribution in [3.8, 4) is 11.5 Å². The quantitative estimate of drug-likeness (QED) is 0.775. The topological polar surface area (TPSA) is 97.0 Å². The van der Waals surface area contributed by atoms with Crippen molar-refractivity contribution in [2.24, 2.45) is 0 Å². The van der Waals surface area contributed by atoms with Gasteiger partial charge in [0, 0.05) is 31.4 Å². The minimum Gasteiger partial charge on any atom is -0.454 e. The SMILES string of the molecule is CC(=O)N1CCCc2cc(NC(=O)C(=O)NCc3ccc4c(c3)OCO4)ccc21. The highest BCUT2D eigenvalue weighted by Crippen LogP contribution is 2.32. The van der Waals surface area contributed by atoms with Gasteiger partial charge in [-0.25, -0.2) is 0 Å². The first-order valence-corrected chi connectivity index (χ1v) is 9.40. The molecule has 2 aromatic rings. The zero-order valence-corrected chi connectivity index (χ0v) is 16.0. The molecule has 0 radical (unpaired) electrons. The van der Waals surface area contributed by atoms with Crippen LogP contribution in [0.25, 0.3) is 0 Å². The second-order valence-corrected chi connectivity index (χ2v) is 6.94. The molecule has 2 aliphatic rings. The van der Waals surface area contributed by atoms with Crippen LogP contribution in [0.2, 0.25) is 0 Å². The van der Waals surface area contributed by atoms with E-state index >= 15 is 0 Å². The van der Waals surface area contributed by atoms with Crippen molar-refractivity contribution in [3.63, 3.8) is 0 Å². The van der Waals surface area contributed by atoms with Crippen molar-refractivity contribution in [1.82, 2.24) is 5.32 Å². The Morgan fingerprint density at radius 1 is 1.03 bits per heavy atom. The summed E-state index contributed by atoms with van der Waals surface area (Å²) in [5.74, 6) is -0.204. The van der Waals surface area contributed by atoms with Crippen LogP contribution in [0.4, 0.5) is 11.4 Å². The lowest BCUT2D eigenvalue weighted by molar-refractivity contribution is -0.136. The third-order valence-corrected chi connectivity index (χ3v) is 4.93. The predicted octanol–water partition coefficient (Wildman–Crippen LogP) is 1.97. The number of nitrogens with one attached hydrogen (secondary N) is 2. The zero-order valence-electron chi connectivity index (χ0n) is 16.0. The summed E-state index contributed by atoms with van der Waals surface area (Å²) in [7, 11) is 0. The first kappa shape index (κ1) is 18.8. The summed E-state index contributed by atoms with van der Waals surface area (Å²) < 4.78 is 10.5. The molecular weight excluding hydrogens is 374 g/mol. The molecule has 3 amide bonds. The number of hydrogen-bond donors (Lipinski definition) is 2. The van der Waals surface area contributed by atoms with E-state index in [0.717, 1.165) is 29.7 Å². The van der Waals surface area contributed by atoms with Crippen molar-refractivity contribution >= 4 is 29.1 Å². The van der Waals surface area contributed by atoms with Gasteiger partial charge < -0.3 is 25.0 Å².